The summed E-state index contributed by atoms with van der Waals surface area (Å²) in [7, 11) is 0. The maximum Gasteiger partial charge on any atom is 0.274 e. The van der Waals surface area contributed by atoms with Crippen molar-refractivity contribution in [2.24, 2.45) is 0 Å². The topological polar surface area (TPSA) is 84.4 Å². The van der Waals surface area contributed by atoms with Gasteiger partial charge in [-0.05, 0) is 32.3 Å². The Bertz CT molecular complexity index is 805. The minimum absolute atomic E-state index is 0.00339. The molecule has 7 heteroatoms. The highest BCUT2D eigenvalue weighted by molar-refractivity contribution is 5.92. The SMILES string of the molecule is Cc1cnc(C(=O)N(CCC(=O)NC(C)c2ccccc2)CC2CCCO2)cn1. The van der Waals surface area contributed by atoms with Crippen molar-refractivity contribution >= 4 is 11.8 Å². The highest BCUT2D eigenvalue weighted by Crippen LogP contribution is 2.16. The Kier molecular flexibility index (Phi) is 7.30. The van der Waals surface area contributed by atoms with Crippen LogP contribution in [0.4, 0.5) is 0 Å². The molecule has 1 saturated heterocycles. The molecule has 2 aromatic rings. The highest BCUT2D eigenvalue weighted by atomic mass is 16.5. The molecule has 154 valence electrons. The number of nitrogens with zero attached hydrogens (tertiary/aromatic N) is 3. The maximum absolute atomic E-state index is 12.9. The second kappa shape index (κ2) is 10.1. The molecule has 2 unspecified atom stereocenters. The second-order valence-electron chi connectivity index (χ2n) is 7.38. The summed E-state index contributed by atoms with van der Waals surface area (Å²) in [5.74, 6) is -0.321. The van der Waals surface area contributed by atoms with E-state index in [0.29, 0.717) is 19.7 Å². The lowest BCUT2D eigenvalue weighted by Gasteiger charge is -2.25. The Morgan fingerprint density at radius 3 is 2.69 bits per heavy atom. The maximum atomic E-state index is 12.9. The predicted molar refractivity (Wildman–Crippen MR) is 109 cm³/mol. The average Bonchev–Trinajstić information content (AvgIpc) is 3.25. The number of carbonyl (C=O) groups is 2. The number of hydrogen-bond acceptors (Lipinski definition) is 5. The highest BCUT2D eigenvalue weighted by Gasteiger charge is 2.25. The molecule has 7 nitrogen and oxygen atoms in total. The number of amides is 2. The number of nitrogens with one attached hydrogen (secondary N) is 1. The molecule has 0 spiro atoms. The summed E-state index contributed by atoms with van der Waals surface area (Å²) in [6.07, 6.45) is 5.19. The monoisotopic (exact) mass is 396 g/mol. The van der Waals surface area contributed by atoms with Crippen molar-refractivity contribution in [1.29, 1.82) is 0 Å². The van der Waals surface area contributed by atoms with E-state index in [4.69, 9.17) is 4.74 Å². The normalized spacial score (nSPS) is 17.0. The minimum Gasteiger partial charge on any atom is -0.376 e. The van der Waals surface area contributed by atoms with Gasteiger partial charge in [0.05, 0.1) is 24.0 Å². The number of hydrogen-bond donors (Lipinski definition) is 1. The summed E-state index contributed by atoms with van der Waals surface area (Å²) in [5.41, 5.74) is 2.08. The lowest BCUT2D eigenvalue weighted by Crippen LogP contribution is -2.40. The molecule has 1 aliphatic rings. The van der Waals surface area contributed by atoms with Crippen LogP contribution in [0.2, 0.25) is 0 Å². The molecule has 2 atom stereocenters. The van der Waals surface area contributed by atoms with E-state index in [9.17, 15) is 9.59 Å². The van der Waals surface area contributed by atoms with E-state index < -0.39 is 0 Å². The number of aryl methyl sites for hydroxylation is 1. The van der Waals surface area contributed by atoms with E-state index in [1.807, 2.05) is 44.2 Å². The van der Waals surface area contributed by atoms with Crippen LogP contribution in [0.5, 0.6) is 0 Å². The van der Waals surface area contributed by atoms with E-state index in [1.165, 1.54) is 6.20 Å². The van der Waals surface area contributed by atoms with Gasteiger partial charge < -0.3 is 15.0 Å². The zero-order valence-electron chi connectivity index (χ0n) is 17.0. The van der Waals surface area contributed by atoms with Gasteiger partial charge in [-0.1, -0.05) is 30.3 Å². The quantitative estimate of drug-likeness (QED) is 0.742. The fraction of sp³-hybridized carbons (Fsp3) is 0.455. The van der Waals surface area contributed by atoms with Crippen molar-refractivity contribution in [1.82, 2.24) is 20.2 Å². The molecule has 0 saturated carbocycles. The molecule has 3 rings (SSSR count). The third-order valence-corrected chi connectivity index (χ3v) is 5.02. The molecule has 0 aliphatic carbocycles. The third kappa shape index (κ3) is 6.09. The molecule has 1 aliphatic heterocycles. The van der Waals surface area contributed by atoms with Crippen molar-refractivity contribution in [3.8, 4) is 0 Å². The van der Waals surface area contributed by atoms with Crippen molar-refractivity contribution in [3.63, 3.8) is 0 Å². The molecule has 2 heterocycles. The van der Waals surface area contributed by atoms with Gasteiger partial charge in [0.1, 0.15) is 5.69 Å². The van der Waals surface area contributed by atoms with Gasteiger partial charge in [-0.15, -0.1) is 0 Å². The Morgan fingerprint density at radius 1 is 1.24 bits per heavy atom. The summed E-state index contributed by atoms with van der Waals surface area (Å²) < 4.78 is 5.69. The predicted octanol–water partition coefficient (Wildman–Crippen LogP) is 2.67. The van der Waals surface area contributed by atoms with Crippen LogP contribution in [0.15, 0.2) is 42.7 Å². The zero-order chi connectivity index (χ0) is 20.6. The van der Waals surface area contributed by atoms with Crippen LogP contribution in [0.1, 0.15) is 54.0 Å². The van der Waals surface area contributed by atoms with Gasteiger partial charge in [0.2, 0.25) is 5.91 Å². The zero-order valence-corrected chi connectivity index (χ0v) is 17.0. The van der Waals surface area contributed by atoms with Gasteiger partial charge in [0.25, 0.3) is 5.91 Å². The Labute approximate surface area is 171 Å². The second-order valence-corrected chi connectivity index (χ2v) is 7.38. The van der Waals surface area contributed by atoms with Crippen molar-refractivity contribution in [3.05, 3.63) is 59.7 Å². The number of carbonyl (C=O) groups excluding carboxylic acids is 2. The van der Waals surface area contributed by atoms with Crippen molar-refractivity contribution in [2.45, 2.75) is 45.3 Å². The molecule has 0 bridgehead atoms. The first-order chi connectivity index (χ1) is 14.0. The van der Waals surface area contributed by atoms with Gasteiger partial charge in [-0.2, -0.15) is 0 Å². The lowest BCUT2D eigenvalue weighted by molar-refractivity contribution is -0.122. The van der Waals surface area contributed by atoms with Crippen LogP contribution in [0.3, 0.4) is 0 Å². The number of aromatic nitrogens is 2. The van der Waals surface area contributed by atoms with E-state index >= 15 is 0 Å². The molecule has 1 N–H and O–H groups in total. The molecule has 1 fully saturated rings. The fourth-order valence-corrected chi connectivity index (χ4v) is 3.35. The Hall–Kier alpha value is -2.80. The Morgan fingerprint density at radius 2 is 2.03 bits per heavy atom. The van der Waals surface area contributed by atoms with Crippen LogP contribution in [-0.2, 0) is 9.53 Å². The van der Waals surface area contributed by atoms with Crippen molar-refractivity contribution < 1.29 is 14.3 Å². The van der Waals surface area contributed by atoms with Crippen LogP contribution in [-0.4, -0.2) is 52.5 Å². The smallest absolute Gasteiger partial charge is 0.274 e. The summed E-state index contributed by atoms with van der Waals surface area (Å²) in [6.45, 7) is 5.25. The number of ether oxygens (including phenoxy) is 1. The molecule has 0 radical (unpaired) electrons. The molecule has 2 amide bonds. The van der Waals surface area contributed by atoms with Crippen LogP contribution in [0.25, 0.3) is 0 Å². The summed E-state index contributed by atoms with van der Waals surface area (Å²) in [6, 6.07) is 9.71. The molecule has 1 aromatic heterocycles. The van der Waals surface area contributed by atoms with Gasteiger partial charge in [0.15, 0.2) is 0 Å². The number of rotatable bonds is 8. The minimum atomic E-state index is -0.225. The largest absolute Gasteiger partial charge is 0.376 e. The van der Waals surface area contributed by atoms with E-state index in [1.54, 1.807) is 11.1 Å². The third-order valence-electron chi connectivity index (χ3n) is 5.02. The van der Waals surface area contributed by atoms with E-state index in [-0.39, 0.29) is 36.1 Å². The van der Waals surface area contributed by atoms with Crippen LogP contribution >= 0.6 is 0 Å². The van der Waals surface area contributed by atoms with Gasteiger partial charge in [-0.25, -0.2) is 4.98 Å². The summed E-state index contributed by atoms with van der Waals surface area (Å²) >= 11 is 0. The average molecular weight is 396 g/mol. The first-order valence-corrected chi connectivity index (χ1v) is 10.1. The van der Waals surface area contributed by atoms with Crippen LogP contribution in [0, 0.1) is 6.92 Å². The van der Waals surface area contributed by atoms with E-state index in [0.717, 1.165) is 24.1 Å². The molecule has 1 aromatic carbocycles. The summed E-state index contributed by atoms with van der Waals surface area (Å²) in [5, 5.41) is 3.00. The van der Waals surface area contributed by atoms with Gasteiger partial charge >= 0.3 is 0 Å². The first kappa shape index (κ1) is 20.9. The molecular formula is C22H28N4O3. The first-order valence-electron chi connectivity index (χ1n) is 10.1. The number of benzene rings is 1. The molecule has 29 heavy (non-hydrogen) atoms. The van der Waals surface area contributed by atoms with Gasteiger partial charge in [-0.3, -0.25) is 14.6 Å². The molecular weight excluding hydrogens is 368 g/mol. The lowest BCUT2D eigenvalue weighted by atomic mass is 10.1. The van der Waals surface area contributed by atoms with Crippen LogP contribution < -0.4 is 5.32 Å². The summed E-state index contributed by atoms with van der Waals surface area (Å²) in [4.78, 5) is 35.4. The fourth-order valence-electron chi connectivity index (χ4n) is 3.35. The van der Waals surface area contributed by atoms with E-state index in [2.05, 4.69) is 15.3 Å². The van der Waals surface area contributed by atoms with Gasteiger partial charge in [0, 0.05) is 32.3 Å². The Balaban J connectivity index is 1.60. The standard InChI is InChI=1S/C22H28N4O3/c1-16-13-24-20(14-23-16)22(28)26(15-19-9-6-12-29-19)11-10-21(27)25-17(2)18-7-4-3-5-8-18/h3-5,7-8,13-14,17,19H,6,9-12,15H2,1-2H3,(H,25,27). The van der Waals surface area contributed by atoms with Crippen molar-refractivity contribution in [2.75, 3.05) is 19.7 Å².